The van der Waals surface area contributed by atoms with E-state index >= 15 is 0 Å². The van der Waals surface area contributed by atoms with Crippen LogP contribution in [0.5, 0.6) is 5.88 Å². The third-order valence-electron chi connectivity index (χ3n) is 4.85. The van der Waals surface area contributed by atoms with Crippen molar-refractivity contribution in [3.8, 4) is 5.88 Å². The number of hydrogen-bond donors (Lipinski definition) is 2. The molecule has 3 aromatic rings. The molecule has 1 aliphatic carbocycles. The molecule has 7 heteroatoms. The number of nitrogens with zero attached hydrogens (tertiary/aromatic N) is 3. The third kappa shape index (κ3) is 2.94. The van der Waals surface area contributed by atoms with Gasteiger partial charge in [0.05, 0.1) is 10.2 Å². The second-order valence-corrected chi connectivity index (χ2v) is 7.67. The van der Waals surface area contributed by atoms with Crippen molar-refractivity contribution in [1.29, 1.82) is 0 Å². The van der Waals surface area contributed by atoms with Crippen molar-refractivity contribution in [1.82, 2.24) is 20.3 Å². The second kappa shape index (κ2) is 6.24. The summed E-state index contributed by atoms with van der Waals surface area (Å²) in [5, 5.41) is 7.79. The standard InChI is InChI=1S/C18H19N5OS/c1-2-4-15-14(3-1)23-18(25-15)22-12-7-13(8-12)24-17-16(11-9-19-10-11)20-5-6-21-17/h1-6,11-13,19H,7-10H2,(H,22,23)/t12-,13-. The van der Waals surface area contributed by atoms with Crippen LogP contribution < -0.4 is 15.4 Å². The number of para-hydroxylation sites is 1. The Morgan fingerprint density at radius 3 is 2.76 bits per heavy atom. The Morgan fingerprint density at radius 2 is 1.96 bits per heavy atom. The van der Waals surface area contributed by atoms with Gasteiger partial charge in [-0.3, -0.25) is 4.98 Å². The lowest BCUT2D eigenvalue weighted by atomic mass is 9.89. The molecule has 0 amide bonds. The number of nitrogens with one attached hydrogen (secondary N) is 2. The quantitative estimate of drug-likeness (QED) is 0.735. The Hall–Kier alpha value is -2.25. The lowest BCUT2D eigenvalue weighted by Gasteiger charge is -2.36. The molecule has 6 nitrogen and oxygen atoms in total. The van der Waals surface area contributed by atoms with Gasteiger partial charge in [-0.15, -0.1) is 0 Å². The van der Waals surface area contributed by atoms with Gasteiger partial charge in [-0.25, -0.2) is 9.97 Å². The average molecular weight is 353 g/mol. The molecule has 0 bridgehead atoms. The monoisotopic (exact) mass is 353 g/mol. The van der Waals surface area contributed by atoms with E-state index in [1.54, 1.807) is 23.7 Å². The molecule has 0 atom stereocenters. The number of anilines is 1. The van der Waals surface area contributed by atoms with E-state index in [4.69, 9.17) is 4.74 Å². The highest BCUT2D eigenvalue weighted by Gasteiger charge is 2.33. The molecule has 128 valence electrons. The van der Waals surface area contributed by atoms with Gasteiger partial charge in [0.25, 0.3) is 0 Å². The first kappa shape index (κ1) is 15.0. The molecule has 2 aliphatic rings. The lowest BCUT2D eigenvalue weighted by Crippen LogP contribution is -2.44. The number of fused-ring (bicyclic) bond motifs is 1. The topological polar surface area (TPSA) is 72.0 Å². The van der Waals surface area contributed by atoms with Crippen LogP contribution in [-0.2, 0) is 0 Å². The number of thiazole rings is 1. The van der Waals surface area contributed by atoms with Crippen molar-refractivity contribution in [3.05, 3.63) is 42.4 Å². The largest absolute Gasteiger partial charge is 0.473 e. The molecular weight excluding hydrogens is 334 g/mol. The summed E-state index contributed by atoms with van der Waals surface area (Å²) in [6.45, 7) is 1.92. The van der Waals surface area contributed by atoms with Gasteiger partial charge in [-0.2, -0.15) is 0 Å². The van der Waals surface area contributed by atoms with Gasteiger partial charge < -0.3 is 15.4 Å². The minimum absolute atomic E-state index is 0.204. The van der Waals surface area contributed by atoms with E-state index in [0.29, 0.717) is 17.8 Å². The van der Waals surface area contributed by atoms with Crippen molar-refractivity contribution in [2.75, 3.05) is 18.4 Å². The Balaban J connectivity index is 1.20. The molecule has 0 unspecified atom stereocenters. The van der Waals surface area contributed by atoms with Crippen LogP contribution in [0.15, 0.2) is 36.7 Å². The molecule has 0 radical (unpaired) electrons. The van der Waals surface area contributed by atoms with Gasteiger partial charge in [0.2, 0.25) is 5.88 Å². The molecule has 1 aromatic carbocycles. The molecule has 0 spiro atoms. The molecule has 2 fully saturated rings. The van der Waals surface area contributed by atoms with Crippen LogP contribution in [0, 0.1) is 0 Å². The van der Waals surface area contributed by atoms with E-state index < -0.39 is 0 Å². The smallest absolute Gasteiger partial charge is 0.236 e. The first-order chi connectivity index (χ1) is 12.3. The fourth-order valence-electron chi connectivity index (χ4n) is 3.24. The van der Waals surface area contributed by atoms with Crippen molar-refractivity contribution in [3.63, 3.8) is 0 Å². The van der Waals surface area contributed by atoms with E-state index in [1.165, 1.54) is 4.70 Å². The van der Waals surface area contributed by atoms with Crippen molar-refractivity contribution in [2.45, 2.75) is 30.9 Å². The zero-order valence-corrected chi connectivity index (χ0v) is 14.5. The fourth-order valence-corrected chi connectivity index (χ4v) is 4.18. The van der Waals surface area contributed by atoms with Gasteiger partial charge in [0.15, 0.2) is 5.13 Å². The molecule has 2 aromatic heterocycles. The zero-order valence-electron chi connectivity index (χ0n) is 13.7. The maximum Gasteiger partial charge on any atom is 0.236 e. The highest BCUT2D eigenvalue weighted by Crippen LogP contribution is 2.33. The Kier molecular flexibility index (Phi) is 3.75. The minimum atomic E-state index is 0.204. The summed E-state index contributed by atoms with van der Waals surface area (Å²) in [6, 6.07) is 8.64. The van der Waals surface area contributed by atoms with Crippen molar-refractivity contribution in [2.24, 2.45) is 0 Å². The van der Waals surface area contributed by atoms with E-state index in [-0.39, 0.29) is 6.10 Å². The summed E-state index contributed by atoms with van der Waals surface area (Å²) < 4.78 is 7.32. The van der Waals surface area contributed by atoms with Crippen molar-refractivity contribution >= 4 is 26.7 Å². The highest BCUT2D eigenvalue weighted by atomic mass is 32.1. The summed E-state index contributed by atoms with van der Waals surface area (Å²) in [7, 11) is 0. The average Bonchev–Trinajstić information content (AvgIpc) is 2.95. The first-order valence-corrected chi connectivity index (χ1v) is 9.47. The van der Waals surface area contributed by atoms with E-state index in [2.05, 4.69) is 37.7 Å². The Labute approximate surface area is 149 Å². The predicted molar refractivity (Wildman–Crippen MR) is 98.3 cm³/mol. The normalized spacial score (nSPS) is 23.0. The first-order valence-electron chi connectivity index (χ1n) is 8.65. The summed E-state index contributed by atoms with van der Waals surface area (Å²) in [4.78, 5) is 13.5. The molecule has 25 heavy (non-hydrogen) atoms. The lowest BCUT2D eigenvalue weighted by molar-refractivity contribution is 0.0996. The van der Waals surface area contributed by atoms with Crippen LogP contribution in [0.25, 0.3) is 10.2 Å². The summed E-state index contributed by atoms with van der Waals surface area (Å²) >= 11 is 1.70. The maximum atomic E-state index is 6.11. The molecule has 5 rings (SSSR count). The van der Waals surface area contributed by atoms with Crippen molar-refractivity contribution < 1.29 is 4.74 Å². The van der Waals surface area contributed by atoms with Gasteiger partial charge in [-0.1, -0.05) is 23.5 Å². The van der Waals surface area contributed by atoms with Crippen LogP contribution in [0.2, 0.25) is 0 Å². The molecule has 3 heterocycles. The molecular formula is C18H19N5OS. The number of rotatable bonds is 5. The van der Waals surface area contributed by atoms with E-state index in [1.807, 2.05) is 12.1 Å². The molecule has 1 aliphatic heterocycles. The summed E-state index contributed by atoms with van der Waals surface area (Å²) in [6.07, 6.45) is 5.60. The minimum Gasteiger partial charge on any atom is -0.473 e. The second-order valence-electron chi connectivity index (χ2n) is 6.64. The van der Waals surface area contributed by atoms with Gasteiger partial charge >= 0.3 is 0 Å². The fraction of sp³-hybridized carbons (Fsp3) is 0.389. The van der Waals surface area contributed by atoms with E-state index in [0.717, 1.165) is 42.3 Å². The van der Waals surface area contributed by atoms with Crippen LogP contribution in [-0.4, -0.2) is 40.2 Å². The molecule has 1 saturated heterocycles. The maximum absolute atomic E-state index is 6.11. The van der Waals surface area contributed by atoms with Crippen LogP contribution >= 0.6 is 11.3 Å². The third-order valence-corrected chi connectivity index (χ3v) is 5.82. The number of ether oxygens (including phenoxy) is 1. The molecule has 2 N–H and O–H groups in total. The number of benzene rings is 1. The van der Waals surface area contributed by atoms with Gasteiger partial charge in [0.1, 0.15) is 11.8 Å². The van der Waals surface area contributed by atoms with Crippen LogP contribution in [0.1, 0.15) is 24.5 Å². The van der Waals surface area contributed by atoms with Gasteiger partial charge in [0, 0.05) is 50.3 Å². The Morgan fingerprint density at radius 1 is 1.12 bits per heavy atom. The number of aromatic nitrogens is 3. The summed E-state index contributed by atoms with van der Waals surface area (Å²) in [5.41, 5.74) is 2.05. The predicted octanol–water partition coefficient (Wildman–Crippen LogP) is 2.79. The van der Waals surface area contributed by atoms with Gasteiger partial charge in [-0.05, 0) is 12.1 Å². The Bertz CT molecular complexity index is 855. The van der Waals surface area contributed by atoms with Crippen LogP contribution in [0.3, 0.4) is 0 Å². The SMILES string of the molecule is c1ccc2sc(N[C@H]3C[C@H](Oc4nccnc4C4CNC4)C3)nc2c1. The van der Waals surface area contributed by atoms with Crippen LogP contribution in [0.4, 0.5) is 5.13 Å². The molecule has 1 saturated carbocycles. The highest BCUT2D eigenvalue weighted by molar-refractivity contribution is 7.22. The van der Waals surface area contributed by atoms with E-state index in [9.17, 15) is 0 Å². The zero-order chi connectivity index (χ0) is 16.6. The summed E-state index contributed by atoms with van der Waals surface area (Å²) in [5.74, 6) is 1.14. The number of hydrogen-bond acceptors (Lipinski definition) is 7.